The highest BCUT2D eigenvalue weighted by Crippen LogP contribution is 2.28. The summed E-state index contributed by atoms with van der Waals surface area (Å²) in [6.45, 7) is 6.78. The second-order valence-electron chi connectivity index (χ2n) is 8.08. The van der Waals surface area contributed by atoms with E-state index in [9.17, 15) is 17.6 Å². The first-order valence-corrected chi connectivity index (χ1v) is 12.5. The number of ether oxygens (including phenoxy) is 1. The summed E-state index contributed by atoms with van der Waals surface area (Å²) >= 11 is 0. The van der Waals surface area contributed by atoms with Crippen LogP contribution in [0.2, 0.25) is 0 Å². The van der Waals surface area contributed by atoms with Crippen LogP contribution in [-0.4, -0.2) is 71.1 Å². The molecule has 0 bridgehead atoms. The van der Waals surface area contributed by atoms with Crippen LogP contribution >= 0.6 is 0 Å². The standard InChI is InChI=1S/C22H27FN6O4S/c1-4-33-20(30)8-7-18-16(3)26-22-24-14-25-29(22)21(18)27-9-11-28(12-10-27)34(31,32)19-13-17(23)6-5-15(19)2/h5-6,13-14H,4,7-12H2,1-3H3. The third-order valence-corrected chi connectivity index (χ3v) is 7.94. The van der Waals surface area contributed by atoms with Gasteiger partial charge in [0.15, 0.2) is 0 Å². The number of anilines is 1. The molecule has 182 valence electrons. The number of fused-ring (bicyclic) bond motifs is 1. The zero-order valence-corrected chi connectivity index (χ0v) is 20.2. The normalized spacial score (nSPS) is 15.1. The van der Waals surface area contributed by atoms with Crippen molar-refractivity contribution in [1.29, 1.82) is 0 Å². The first-order valence-electron chi connectivity index (χ1n) is 11.1. The second kappa shape index (κ2) is 9.63. The zero-order chi connectivity index (χ0) is 24.5. The van der Waals surface area contributed by atoms with Crippen LogP contribution in [0, 0.1) is 19.7 Å². The summed E-state index contributed by atoms with van der Waals surface area (Å²) in [5.41, 5.74) is 2.06. The molecule has 1 saturated heterocycles. The van der Waals surface area contributed by atoms with Crippen molar-refractivity contribution in [3.8, 4) is 0 Å². The maximum Gasteiger partial charge on any atom is 0.306 e. The van der Waals surface area contributed by atoms with Gasteiger partial charge in [0.2, 0.25) is 10.0 Å². The molecule has 1 aromatic carbocycles. The molecule has 1 fully saturated rings. The Bertz CT molecular complexity index is 1320. The fourth-order valence-electron chi connectivity index (χ4n) is 4.18. The molecule has 1 aliphatic rings. The molecule has 34 heavy (non-hydrogen) atoms. The van der Waals surface area contributed by atoms with Crippen molar-refractivity contribution < 1.29 is 22.3 Å². The van der Waals surface area contributed by atoms with Crippen molar-refractivity contribution in [1.82, 2.24) is 23.9 Å². The number of hydrogen-bond donors (Lipinski definition) is 0. The van der Waals surface area contributed by atoms with E-state index in [1.54, 1.807) is 18.4 Å². The van der Waals surface area contributed by atoms with Gasteiger partial charge in [-0.15, -0.1) is 0 Å². The quantitative estimate of drug-likeness (QED) is 0.462. The molecule has 0 N–H and O–H groups in total. The first-order chi connectivity index (χ1) is 16.2. The lowest BCUT2D eigenvalue weighted by Gasteiger charge is -2.36. The number of hydrogen-bond acceptors (Lipinski definition) is 8. The number of aryl methyl sites for hydroxylation is 2. The fraction of sp³-hybridized carbons (Fsp3) is 0.455. The van der Waals surface area contributed by atoms with Gasteiger partial charge in [-0.1, -0.05) is 6.07 Å². The number of rotatable bonds is 7. The van der Waals surface area contributed by atoms with Crippen LogP contribution in [0.15, 0.2) is 29.4 Å². The molecular weight excluding hydrogens is 463 g/mol. The van der Waals surface area contributed by atoms with Crippen LogP contribution < -0.4 is 4.90 Å². The number of sulfonamides is 1. The summed E-state index contributed by atoms with van der Waals surface area (Å²) in [5, 5.41) is 4.31. The van der Waals surface area contributed by atoms with Crippen LogP contribution in [0.4, 0.5) is 10.2 Å². The number of esters is 1. The minimum absolute atomic E-state index is 0.0190. The van der Waals surface area contributed by atoms with Gasteiger partial charge in [-0.25, -0.2) is 17.8 Å². The van der Waals surface area contributed by atoms with Gasteiger partial charge in [-0.3, -0.25) is 4.79 Å². The molecule has 0 spiro atoms. The number of nitrogens with zero attached hydrogens (tertiary/aromatic N) is 6. The minimum Gasteiger partial charge on any atom is -0.466 e. The summed E-state index contributed by atoms with van der Waals surface area (Å²) in [4.78, 5) is 22.7. The van der Waals surface area contributed by atoms with E-state index in [1.807, 2.05) is 11.8 Å². The maximum absolute atomic E-state index is 13.8. The van der Waals surface area contributed by atoms with Crippen LogP contribution in [0.1, 0.15) is 30.2 Å². The van der Waals surface area contributed by atoms with Gasteiger partial charge in [0.1, 0.15) is 18.0 Å². The number of carbonyl (C=O) groups excluding carboxylic acids is 1. The lowest BCUT2D eigenvalue weighted by molar-refractivity contribution is -0.143. The molecule has 0 amide bonds. The zero-order valence-electron chi connectivity index (χ0n) is 19.4. The van der Waals surface area contributed by atoms with Gasteiger partial charge in [0.05, 0.1) is 11.5 Å². The average molecular weight is 491 g/mol. The van der Waals surface area contributed by atoms with E-state index in [0.29, 0.717) is 37.5 Å². The smallest absolute Gasteiger partial charge is 0.306 e. The molecule has 0 atom stereocenters. The van der Waals surface area contributed by atoms with Crippen molar-refractivity contribution in [2.75, 3.05) is 37.7 Å². The predicted molar refractivity (Wildman–Crippen MR) is 123 cm³/mol. The summed E-state index contributed by atoms with van der Waals surface area (Å²) in [6, 6.07) is 3.78. The van der Waals surface area contributed by atoms with E-state index < -0.39 is 15.8 Å². The second-order valence-corrected chi connectivity index (χ2v) is 9.98. The van der Waals surface area contributed by atoms with E-state index in [4.69, 9.17) is 4.74 Å². The Labute approximate surface area is 197 Å². The van der Waals surface area contributed by atoms with Gasteiger partial charge in [0, 0.05) is 43.9 Å². The predicted octanol–water partition coefficient (Wildman–Crippen LogP) is 1.89. The van der Waals surface area contributed by atoms with Crippen LogP contribution in [0.25, 0.3) is 5.78 Å². The van der Waals surface area contributed by atoms with Crippen LogP contribution in [0.3, 0.4) is 0 Å². The highest BCUT2D eigenvalue weighted by Gasteiger charge is 2.32. The van der Waals surface area contributed by atoms with Gasteiger partial charge in [0.25, 0.3) is 5.78 Å². The first kappa shape index (κ1) is 24.0. The monoisotopic (exact) mass is 490 g/mol. The number of carbonyl (C=O) groups is 1. The fourth-order valence-corrected chi connectivity index (χ4v) is 5.84. The number of aromatic nitrogens is 4. The Morgan fingerprint density at radius 1 is 1.18 bits per heavy atom. The van der Waals surface area contributed by atoms with Crippen molar-refractivity contribution in [2.24, 2.45) is 0 Å². The number of halogens is 1. The molecule has 0 aliphatic carbocycles. The van der Waals surface area contributed by atoms with Crippen LogP contribution in [0.5, 0.6) is 0 Å². The van der Waals surface area contributed by atoms with Crippen molar-refractivity contribution in [3.05, 3.63) is 47.2 Å². The Morgan fingerprint density at radius 2 is 1.91 bits per heavy atom. The molecule has 1 aliphatic heterocycles. The largest absolute Gasteiger partial charge is 0.466 e. The SMILES string of the molecule is CCOC(=O)CCc1c(C)nc2ncnn2c1N1CCN(S(=O)(=O)c2cc(F)ccc2C)CC1. The van der Waals surface area contributed by atoms with Gasteiger partial charge >= 0.3 is 5.97 Å². The molecule has 2 aromatic heterocycles. The van der Waals surface area contributed by atoms with E-state index in [1.165, 1.54) is 22.8 Å². The van der Waals surface area contributed by atoms with Crippen molar-refractivity contribution in [2.45, 2.75) is 38.5 Å². The molecular formula is C22H27FN6O4S. The highest BCUT2D eigenvalue weighted by molar-refractivity contribution is 7.89. The van der Waals surface area contributed by atoms with E-state index in [2.05, 4.69) is 15.1 Å². The lowest BCUT2D eigenvalue weighted by atomic mass is 10.1. The summed E-state index contributed by atoms with van der Waals surface area (Å²) in [6.07, 6.45) is 2.01. The molecule has 0 saturated carbocycles. The van der Waals surface area contributed by atoms with Gasteiger partial charge in [-0.2, -0.15) is 18.9 Å². The number of piperazine rings is 1. The van der Waals surface area contributed by atoms with Crippen molar-refractivity contribution >= 4 is 27.6 Å². The third-order valence-electron chi connectivity index (χ3n) is 5.90. The topological polar surface area (TPSA) is 110 Å². The molecule has 12 heteroatoms. The minimum atomic E-state index is -3.84. The molecule has 3 aromatic rings. The number of benzene rings is 1. The Balaban J connectivity index is 1.60. The van der Waals surface area contributed by atoms with E-state index in [-0.39, 0.29) is 30.4 Å². The summed E-state index contributed by atoms with van der Waals surface area (Å²) in [5.74, 6) is 0.281. The molecule has 3 heterocycles. The molecule has 4 rings (SSSR count). The molecule has 0 unspecified atom stereocenters. The third kappa shape index (κ3) is 4.60. The Morgan fingerprint density at radius 3 is 2.62 bits per heavy atom. The molecule has 0 radical (unpaired) electrons. The van der Waals surface area contributed by atoms with Gasteiger partial charge in [-0.05, 0) is 44.9 Å². The van der Waals surface area contributed by atoms with Gasteiger partial charge < -0.3 is 9.64 Å². The van der Waals surface area contributed by atoms with Crippen molar-refractivity contribution in [3.63, 3.8) is 0 Å². The Hall–Kier alpha value is -3.12. The van der Waals surface area contributed by atoms with E-state index in [0.717, 1.165) is 23.1 Å². The molecule has 10 nitrogen and oxygen atoms in total. The summed E-state index contributed by atoms with van der Waals surface area (Å²) in [7, 11) is -3.84. The lowest BCUT2D eigenvalue weighted by Crippen LogP contribution is -2.49. The van der Waals surface area contributed by atoms with Crippen LogP contribution in [-0.2, 0) is 26.0 Å². The average Bonchev–Trinajstić information content (AvgIpc) is 3.27. The highest BCUT2D eigenvalue weighted by atomic mass is 32.2. The van der Waals surface area contributed by atoms with E-state index >= 15 is 0 Å². The Kier molecular flexibility index (Phi) is 6.80. The summed E-state index contributed by atoms with van der Waals surface area (Å²) < 4.78 is 48.2. The maximum atomic E-state index is 13.8.